The van der Waals surface area contributed by atoms with Crippen LogP contribution >= 0.6 is 0 Å². The molecule has 0 spiro atoms. The van der Waals surface area contributed by atoms with E-state index in [1.54, 1.807) is 6.07 Å². The van der Waals surface area contributed by atoms with Crippen molar-refractivity contribution in [2.24, 2.45) is 7.05 Å². The molecule has 5 heterocycles. The molecule has 0 saturated heterocycles. The Morgan fingerprint density at radius 1 is 0.804 bits per heavy atom. The Morgan fingerprint density at radius 2 is 1.43 bits per heavy atom. The summed E-state index contributed by atoms with van der Waals surface area (Å²) < 4.78 is 33.7. The third-order valence-corrected chi connectivity index (χ3v) is 11.8. The Morgan fingerprint density at radius 3 is 2.02 bits per heavy atom. The zero-order valence-electron chi connectivity index (χ0n) is 27.4. The van der Waals surface area contributed by atoms with E-state index in [0.29, 0.717) is 41.7 Å². The number of aromatic nitrogens is 4. The number of carbonyl (C=O) groups is 2. The number of allylic oxidation sites excluding steroid dienone is 4. The van der Waals surface area contributed by atoms with Gasteiger partial charge < -0.3 is 5.11 Å². The van der Waals surface area contributed by atoms with E-state index in [4.69, 9.17) is 4.98 Å². The number of halogens is 2. The quantitative estimate of drug-likeness (QED) is 0.158. The summed E-state index contributed by atoms with van der Waals surface area (Å²) in [6.07, 6.45) is 1.63. The molecule has 11 heteroatoms. The molecule has 3 aromatic rings. The molecule has 2 aliphatic heterocycles. The summed E-state index contributed by atoms with van der Waals surface area (Å²) in [6, 6.07) is 7.56. The third-order valence-electron chi connectivity index (χ3n) is 9.50. The van der Waals surface area contributed by atoms with E-state index in [0.717, 1.165) is 67.0 Å². The van der Waals surface area contributed by atoms with Crippen molar-refractivity contribution in [2.75, 3.05) is 0 Å². The van der Waals surface area contributed by atoms with Crippen LogP contribution in [0.3, 0.4) is 0 Å². The van der Waals surface area contributed by atoms with Gasteiger partial charge in [-0.05, 0) is 0 Å². The number of fused-ring (bicyclic) bond motifs is 8. The fourth-order valence-electron chi connectivity index (χ4n) is 6.97. The summed E-state index contributed by atoms with van der Waals surface area (Å²) in [7, 11) is 1.93. The Balaban J connectivity index is 2.03. The van der Waals surface area contributed by atoms with Crippen molar-refractivity contribution in [3.63, 3.8) is 0 Å². The van der Waals surface area contributed by atoms with Crippen molar-refractivity contribution >= 4 is 77.5 Å². The van der Waals surface area contributed by atoms with Crippen LogP contribution in [0.1, 0.15) is 98.4 Å². The normalized spacial score (nSPS) is 13.2. The molecular weight excluding hydrogens is 697 g/mol. The number of hydrogen-bond donors (Lipinski definition) is 3. The van der Waals surface area contributed by atoms with Gasteiger partial charge in [-0.25, -0.2) is 0 Å². The minimum atomic E-state index is -5.06. The molecule has 3 aromatic heterocycles. The molecule has 46 heavy (non-hydrogen) atoms. The molecule has 240 valence electrons. The van der Waals surface area contributed by atoms with Gasteiger partial charge in [0.05, 0.1) is 0 Å². The molecule has 0 unspecified atom stereocenters. The van der Waals surface area contributed by atoms with Gasteiger partial charge in [-0.1, -0.05) is 0 Å². The van der Waals surface area contributed by atoms with Crippen LogP contribution < -0.4 is 4.57 Å². The summed E-state index contributed by atoms with van der Waals surface area (Å²) >= 11 is -5.06. The summed E-state index contributed by atoms with van der Waals surface area (Å²) in [6.45, 7) is 11.8. The molecule has 5 rings (SSSR count). The zero-order chi connectivity index (χ0) is 33.6. The standard InChI is InChI=1S/C35H40N4O4.2FH.Sn/c1-8-22-18(3)26-14-30-23(9-2)19(4)28(38-30)16-32-21(6)25(11-13-35(42)43)33(39(32)7)17-31-24(10-12-34(40)41)20(5)27(37-31)15-29(22)36-26;;;/h14-17H,8-13H2,1-7H3,(H3,36,37,38,40,41,42,43);2*1H;/q;;;+4/p-2. The summed E-state index contributed by atoms with van der Waals surface area (Å²) in [5.74, 6) is -1.85. The second-order valence-corrected chi connectivity index (χ2v) is 14.6. The summed E-state index contributed by atoms with van der Waals surface area (Å²) in [4.78, 5) is 31.8. The fraction of sp³-hybridized carbons (Fsp3) is 0.371. The molecule has 0 radical (unpaired) electrons. The van der Waals surface area contributed by atoms with Crippen LogP contribution in [0.2, 0.25) is 0 Å². The molecule has 3 N–H and O–H groups in total. The fourth-order valence-corrected chi connectivity index (χ4v) is 9.24. The number of aryl methyl sites for hydroxylation is 4. The van der Waals surface area contributed by atoms with Crippen LogP contribution in [0.25, 0.3) is 44.4 Å². The number of H-pyrrole nitrogens is 1. The van der Waals surface area contributed by atoms with E-state index in [1.165, 1.54) is 2.79 Å². The van der Waals surface area contributed by atoms with Crippen LogP contribution in [-0.4, -0.2) is 56.1 Å². The van der Waals surface area contributed by atoms with Gasteiger partial charge >= 0.3 is 267 Å². The molecule has 8 nitrogen and oxygen atoms in total. The van der Waals surface area contributed by atoms with Gasteiger partial charge in [0, 0.05) is 0 Å². The molecular formula is C35H40F2N4O4Sn+2. The molecule has 0 amide bonds. The predicted octanol–water partition coefficient (Wildman–Crippen LogP) is 7.32. The molecule has 0 aromatic carbocycles. The Labute approximate surface area is 275 Å². The molecule has 0 aliphatic carbocycles. The van der Waals surface area contributed by atoms with Crippen LogP contribution in [0, 0.1) is 13.8 Å². The minimum absolute atomic E-state index is 0.0541. The number of carboxylic acid groups (broad SMARTS) is 2. The van der Waals surface area contributed by atoms with E-state index in [9.17, 15) is 19.8 Å². The second-order valence-electron chi connectivity index (χ2n) is 12.0. The van der Waals surface area contributed by atoms with Crippen LogP contribution in [-0.2, 0) is 29.5 Å². The first-order valence-corrected chi connectivity index (χ1v) is 19.0. The van der Waals surface area contributed by atoms with E-state index in [2.05, 4.69) is 11.9 Å². The van der Waals surface area contributed by atoms with Gasteiger partial charge in [0.2, 0.25) is 0 Å². The van der Waals surface area contributed by atoms with Gasteiger partial charge in [-0.2, -0.15) is 0 Å². The summed E-state index contributed by atoms with van der Waals surface area (Å²) in [5.41, 5.74) is 12.4. The van der Waals surface area contributed by atoms with Crippen molar-refractivity contribution in [3.05, 3.63) is 69.3 Å². The average molecular weight is 737 g/mol. The van der Waals surface area contributed by atoms with E-state index in [1.807, 2.05) is 64.4 Å². The number of aliphatic carboxylic acids is 2. The molecule has 0 atom stereocenters. The van der Waals surface area contributed by atoms with Gasteiger partial charge in [-0.15, -0.1) is 0 Å². The molecule has 2 aliphatic rings. The Bertz CT molecular complexity index is 2020. The number of aromatic amines is 1. The number of hydrogen-bond acceptors (Lipinski definition) is 3. The number of nitrogens with one attached hydrogen (secondary N) is 1. The summed E-state index contributed by atoms with van der Waals surface area (Å²) in [5, 5.41) is 19.1. The van der Waals surface area contributed by atoms with Crippen LogP contribution in [0.4, 0.5) is 5.73 Å². The molecule has 8 bridgehead atoms. The van der Waals surface area contributed by atoms with Crippen molar-refractivity contribution in [1.29, 1.82) is 0 Å². The van der Waals surface area contributed by atoms with E-state index >= 15 is 5.73 Å². The zero-order valence-corrected chi connectivity index (χ0v) is 30.2. The predicted molar refractivity (Wildman–Crippen MR) is 178 cm³/mol. The van der Waals surface area contributed by atoms with Crippen LogP contribution in [0.15, 0.2) is 24.3 Å². The first-order valence-electron chi connectivity index (χ1n) is 15.6. The number of rotatable bonds is 9. The maximum atomic E-state index is 15.2. The monoisotopic (exact) mass is 738 g/mol. The van der Waals surface area contributed by atoms with Gasteiger partial charge in [0.15, 0.2) is 0 Å². The van der Waals surface area contributed by atoms with Gasteiger partial charge in [0.1, 0.15) is 0 Å². The van der Waals surface area contributed by atoms with Crippen molar-refractivity contribution in [2.45, 2.75) is 80.1 Å². The van der Waals surface area contributed by atoms with E-state index < -0.39 is 33.1 Å². The van der Waals surface area contributed by atoms with Gasteiger partial charge in [-0.3, -0.25) is 4.79 Å². The Kier molecular flexibility index (Phi) is 9.58. The topological polar surface area (TPSA) is 112 Å². The first-order chi connectivity index (χ1) is 21.8. The third kappa shape index (κ3) is 5.91. The first kappa shape index (κ1) is 33.6. The SMILES string of the molecule is CCc1c(C)c2cc3[n+](C)c(cc4nc(cc5c(CC)c(C)c(cc1[nH]2)[n]5[Sn+]([F])[F])C(C)=C4CCC(=O)O)C(CCC(=O)O)=C3C. The van der Waals surface area contributed by atoms with Crippen molar-refractivity contribution in [1.82, 2.24) is 12.8 Å². The number of nitrogens with zero attached hydrogens (tertiary/aromatic N) is 3. The number of carboxylic acids is 2. The van der Waals surface area contributed by atoms with Crippen molar-refractivity contribution < 1.29 is 30.1 Å². The Hall–Kier alpha value is -3.80. The molecule has 0 fully saturated rings. The van der Waals surface area contributed by atoms with Crippen LogP contribution in [0.5, 0.6) is 0 Å². The maximum absolute atomic E-state index is 15.2. The molecule has 0 saturated carbocycles. The van der Waals surface area contributed by atoms with Gasteiger partial charge in [0.25, 0.3) is 0 Å². The average Bonchev–Trinajstić information content (AvgIpc) is 3.61. The second kappa shape index (κ2) is 13.1. The van der Waals surface area contributed by atoms with Crippen molar-refractivity contribution in [3.8, 4) is 0 Å². The van der Waals surface area contributed by atoms with E-state index in [-0.39, 0.29) is 19.3 Å².